The van der Waals surface area contributed by atoms with E-state index in [4.69, 9.17) is 5.53 Å². The van der Waals surface area contributed by atoms with E-state index in [0.29, 0.717) is 11.5 Å². The van der Waals surface area contributed by atoms with Gasteiger partial charge in [0.05, 0.1) is 5.69 Å². The number of aliphatic hydroxyl groups is 1. The van der Waals surface area contributed by atoms with E-state index in [2.05, 4.69) is 15.0 Å². The first-order chi connectivity index (χ1) is 6.45. The molecule has 0 saturated carbocycles. The lowest BCUT2D eigenvalue weighted by molar-refractivity contribution is 0.0739. The monoisotopic (exact) mass is 192 g/mol. The summed E-state index contributed by atoms with van der Waals surface area (Å²) in [5.74, 6) is 0.312. The molecule has 1 N–H and O–H groups in total. The average Bonchev–Trinajstić information content (AvgIpc) is 2.07. The van der Waals surface area contributed by atoms with Crippen LogP contribution in [-0.4, -0.2) is 10.1 Å². The molecule has 1 rings (SSSR count). The first-order valence-electron chi connectivity index (χ1n) is 4.21. The summed E-state index contributed by atoms with van der Waals surface area (Å²) in [4.78, 5) is 6.73. The molecule has 0 fully saturated rings. The lowest BCUT2D eigenvalue weighted by Crippen LogP contribution is -2.17. The molecule has 74 valence electrons. The molecular formula is C9H12N4O. The maximum atomic E-state index is 9.68. The fourth-order valence-electron chi connectivity index (χ4n) is 1.00. The molecule has 0 atom stereocenters. The highest BCUT2D eigenvalue weighted by atomic mass is 16.3. The third-order valence-corrected chi connectivity index (χ3v) is 1.84. The fourth-order valence-corrected chi connectivity index (χ4v) is 1.00. The van der Waals surface area contributed by atoms with Crippen LogP contribution in [-0.2, 0) is 5.60 Å². The minimum Gasteiger partial charge on any atom is -0.384 e. The number of azide groups is 1. The average molecular weight is 192 g/mol. The van der Waals surface area contributed by atoms with Crippen LogP contribution in [0, 0.1) is 6.92 Å². The first-order valence-corrected chi connectivity index (χ1v) is 4.21. The number of nitrogens with zero attached hydrogens (tertiary/aromatic N) is 4. The molecule has 0 amide bonds. The van der Waals surface area contributed by atoms with Crippen LogP contribution < -0.4 is 0 Å². The Hall–Kier alpha value is -1.58. The maximum Gasteiger partial charge on any atom is 0.130 e. The van der Waals surface area contributed by atoms with Gasteiger partial charge >= 0.3 is 0 Å². The number of aromatic nitrogens is 1. The van der Waals surface area contributed by atoms with Crippen LogP contribution in [0.2, 0.25) is 0 Å². The molecule has 5 heteroatoms. The van der Waals surface area contributed by atoms with Crippen molar-refractivity contribution in [2.75, 3.05) is 0 Å². The molecule has 0 spiro atoms. The molecular weight excluding hydrogens is 180 g/mol. The van der Waals surface area contributed by atoms with E-state index in [1.165, 1.54) is 0 Å². The Labute approximate surface area is 82.0 Å². The van der Waals surface area contributed by atoms with Gasteiger partial charge in [-0.3, -0.25) is 0 Å². The van der Waals surface area contributed by atoms with Gasteiger partial charge in [-0.25, -0.2) is 4.98 Å². The maximum absolute atomic E-state index is 9.68. The first kappa shape index (κ1) is 10.5. The summed E-state index contributed by atoms with van der Waals surface area (Å²) >= 11 is 0. The molecule has 0 saturated heterocycles. The van der Waals surface area contributed by atoms with Crippen molar-refractivity contribution in [3.8, 4) is 0 Å². The highest BCUT2D eigenvalue weighted by molar-refractivity contribution is 5.39. The molecule has 1 aromatic rings. The number of aryl methyl sites for hydroxylation is 1. The van der Waals surface area contributed by atoms with Crippen LogP contribution in [0.3, 0.4) is 0 Å². The van der Waals surface area contributed by atoms with Crippen molar-refractivity contribution in [2.24, 2.45) is 5.11 Å². The van der Waals surface area contributed by atoms with E-state index >= 15 is 0 Å². The Kier molecular flexibility index (Phi) is 2.74. The standard InChI is InChI=1S/C9H12N4O/c1-6-4-5-7(9(2,3)14)11-8(6)12-13-10/h4-5,14H,1-3H3. The van der Waals surface area contributed by atoms with Gasteiger partial charge in [0, 0.05) is 4.91 Å². The zero-order valence-electron chi connectivity index (χ0n) is 8.39. The van der Waals surface area contributed by atoms with Crippen molar-refractivity contribution in [3.05, 3.63) is 33.8 Å². The van der Waals surface area contributed by atoms with Crippen molar-refractivity contribution in [2.45, 2.75) is 26.4 Å². The summed E-state index contributed by atoms with van der Waals surface area (Å²) < 4.78 is 0. The second kappa shape index (κ2) is 3.65. The van der Waals surface area contributed by atoms with Crippen molar-refractivity contribution < 1.29 is 5.11 Å². The zero-order chi connectivity index (χ0) is 10.8. The summed E-state index contributed by atoms with van der Waals surface area (Å²) in [6.45, 7) is 5.06. The normalized spacial score (nSPS) is 10.9. The van der Waals surface area contributed by atoms with Gasteiger partial charge in [-0.1, -0.05) is 6.07 Å². The number of hydrogen-bond acceptors (Lipinski definition) is 3. The lowest BCUT2D eigenvalue weighted by Gasteiger charge is -2.17. The topological polar surface area (TPSA) is 81.9 Å². The van der Waals surface area contributed by atoms with Gasteiger partial charge < -0.3 is 5.11 Å². The Morgan fingerprint density at radius 2 is 2.14 bits per heavy atom. The molecule has 0 aromatic carbocycles. The van der Waals surface area contributed by atoms with Gasteiger partial charge in [0.1, 0.15) is 11.4 Å². The largest absolute Gasteiger partial charge is 0.384 e. The quantitative estimate of drug-likeness (QED) is 0.443. The second-order valence-electron chi connectivity index (χ2n) is 3.59. The minimum absolute atomic E-state index is 0.312. The molecule has 5 nitrogen and oxygen atoms in total. The van der Waals surface area contributed by atoms with Crippen LogP contribution in [0.5, 0.6) is 0 Å². The summed E-state index contributed by atoms with van der Waals surface area (Å²) in [6.07, 6.45) is 0. The summed E-state index contributed by atoms with van der Waals surface area (Å²) in [6, 6.07) is 3.48. The van der Waals surface area contributed by atoms with Crippen molar-refractivity contribution in [3.63, 3.8) is 0 Å². The van der Waals surface area contributed by atoms with Crippen molar-refractivity contribution in [1.82, 2.24) is 4.98 Å². The Morgan fingerprint density at radius 3 is 2.64 bits per heavy atom. The molecule has 1 aromatic heterocycles. The Morgan fingerprint density at radius 1 is 1.50 bits per heavy atom. The van der Waals surface area contributed by atoms with Crippen LogP contribution >= 0.6 is 0 Å². The van der Waals surface area contributed by atoms with E-state index in [1.54, 1.807) is 32.9 Å². The number of hydrogen-bond donors (Lipinski definition) is 1. The highest BCUT2D eigenvalue weighted by Gasteiger charge is 2.18. The fraction of sp³-hybridized carbons (Fsp3) is 0.444. The SMILES string of the molecule is Cc1ccc(C(C)(C)O)nc1N=[N+]=[N-]. The van der Waals surface area contributed by atoms with E-state index in [0.717, 1.165) is 5.56 Å². The van der Waals surface area contributed by atoms with Gasteiger partial charge in [0.2, 0.25) is 0 Å². The summed E-state index contributed by atoms with van der Waals surface area (Å²) in [7, 11) is 0. The van der Waals surface area contributed by atoms with Crippen molar-refractivity contribution >= 4 is 5.82 Å². The third-order valence-electron chi connectivity index (χ3n) is 1.84. The van der Waals surface area contributed by atoms with Crippen LogP contribution in [0.1, 0.15) is 25.1 Å². The molecule has 0 unspecified atom stereocenters. The van der Waals surface area contributed by atoms with Gasteiger partial charge in [-0.15, -0.1) is 0 Å². The predicted octanol–water partition coefficient (Wildman–Crippen LogP) is 2.56. The third kappa shape index (κ3) is 2.22. The molecule has 14 heavy (non-hydrogen) atoms. The zero-order valence-corrected chi connectivity index (χ0v) is 8.39. The van der Waals surface area contributed by atoms with Crippen LogP contribution in [0.25, 0.3) is 10.4 Å². The van der Waals surface area contributed by atoms with Crippen molar-refractivity contribution in [1.29, 1.82) is 0 Å². The van der Waals surface area contributed by atoms with Gasteiger partial charge in [-0.05, 0) is 43.0 Å². The second-order valence-corrected chi connectivity index (χ2v) is 3.59. The highest BCUT2D eigenvalue weighted by Crippen LogP contribution is 2.22. The Balaban J connectivity index is 3.26. The molecule has 0 bridgehead atoms. The van der Waals surface area contributed by atoms with E-state index < -0.39 is 5.60 Å². The molecule has 0 radical (unpaired) electrons. The molecule has 1 heterocycles. The van der Waals surface area contributed by atoms with E-state index in [1.807, 2.05) is 0 Å². The molecule has 0 aliphatic rings. The van der Waals surface area contributed by atoms with Gasteiger partial charge in [-0.2, -0.15) is 0 Å². The molecule has 0 aliphatic carbocycles. The summed E-state index contributed by atoms with van der Waals surface area (Å²) in [5.41, 5.74) is 8.55. The number of pyridine rings is 1. The Bertz CT molecular complexity index is 388. The number of rotatable bonds is 2. The minimum atomic E-state index is -1.02. The predicted molar refractivity (Wildman–Crippen MR) is 53.0 cm³/mol. The van der Waals surface area contributed by atoms with Crippen LogP contribution in [0.15, 0.2) is 17.2 Å². The summed E-state index contributed by atoms with van der Waals surface area (Å²) in [5, 5.41) is 13.1. The van der Waals surface area contributed by atoms with E-state index in [9.17, 15) is 5.11 Å². The molecule has 0 aliphatic heterocycles. The van der Waals surface area contributed by atoms with Crippen LogP contribution in [0.4, 0.5) is 5.82 Å². The van der Waals surface area contributed by atoms with E-state index in [-0.39, 0.29) is 0 Å². The smallest absolute Gasteiger partial charge is 0.130 e. The van der Waals surface area contributed by atoms with Gasteiger partial charge in [0.25, 0.3) is 0 Å². The lowest BCUT2D eigenvalue weighted by atomic mass is 10.0. The van der Waals surface area contributed by atoms with Gasteiger partial charge in [0.15, 0.2) is 0 Å².